The van der Waals surface area contributed by atoms with Gasteiger partial charge in [0.25, 0.3) is 16.2 Å². The first kappa shape index (κ1) is 25.4. The molecule has 1 fully saturated rings. The minimum Gasteiger partial charge on any atom is -0.477 e. The number of nitrogens with two attached hydrogens (primary N) is 1. The van der Waals surface area contributed by atoms with E-state index in [1.807, 2.05) is 29.9 Å². The first-order valence-corrected chi connectivity index (χ1v) is 14.4. The minimum absolute atomic E-state index is 0.0449. The standard InChI is InChI=1S/C21H19N7O5S4/c1-27-5-3-4-11-15(27)25-21(37-11)36-7-9-6-34-18-13(17(30)28(18)14(9)19(31)32)24-16(29)12(26-33-2)10-8-35-20(22)23-10/h3-5,8,13,18H,6-7H2,1-2H3,(H3-,22,23,24,29,31,32)/p+1/b26-12+. The number of nitrogen functional groups attached to an aromatic ring is 1. The fourth-order valence-electron chi connectivity index (χ4n) is 3.90. The van der Waals surface area contributed by atoms with Gasteiger partial charge in [-0.25, -0.2) is 14.3 Å². The van der Waals surface area contributed by atoms with Gasteiger partial charge in [0.2, 0.25) is 0 Å². The summed E-state index contributed by atoms with van der Waals surface area (Å²) in [4.78, 5) is 52.8. The predicted molar refractivity (Wildman–Crippen MR) is 141 cm³/mol. The third kappa shape index (κ3) is 4.76. The zero-order valence-corrected chi connectivity index (χ0v) is 22.7. The van der Waals surface area contributed by atoms with Crippen molar-refractivity contribution in [1.82, 2.24) is 20.2 Å². The second-order valence-electron chi connectivity index (χ2n) is 7.89. The minimum atomic E-state index is -1.19. The molecule has 2 aliphatic heterocycles. The van der Waals surface area contributed by atoms with E-state index in [4.69, 9.17) is 10.6 Å². The summed E-state index contributed by atoms with van der Waals surface area (Å²) in [5, 5.41) is 17.6. The molecule has 0 spiro atoms. The van der Waals surface area contributed by atoms with Gasteiger partial charge in [0.1, 0.15) is 34.6 Å². The van der Waals surface area contributed by atoms with E-state index in [1.54, 1.807) is 5.38 Å². The number of aryl methyl sites for hydroxylation is 1. The number of fused-ring (bicyclic) bond motifs is 2. The molecule has 5 heterocycles. The van der Waals surface area contributed by atoms with Gasteiger partial charge < -0.3 is 21.0 Å². The van der Waals surface area contributed by atoms with Crippen LogP contribution in [0.2, 0.25) is 0 Å². The fraction of sp³-hybridized carbons (Fsp3) is 0.286. The maximum atomic E-state index is 13.0. The zero-order valence-electron chi connectivity index (χ0n) is 19.4. The van der Waals surface area contributed by atoms with Gasteiger partial charge in [-0.15, -0.1) is 23.1 Å². The molecule has 0 aliphatic carbocycles. The maximum absolute atomic E-state index is 13.0. The number of nitrogens with one attached hydrogen (secondary N) is 1. The van der Waals surface area contributed by atoms with Crippen LogP contribution in [0.15, 0.2) is 44.5 Å². The number of carbonyl (C=O) groups excluding carboxylic acids is 2. The molecule has 0 bridgehead atoms. The number of hydrogen-bond acceptors (Lipinski definition) is 12. The van der Waals surface area contributed by atoms with E-state index in [0.29, 0.717) is 17.1 Å². The molecule has 2 atom stereocenters. The molecule has 37 heavy (non-hydrogen) atoms. The Bertz CT molecular complexity index is 1480. The van der Waals surface area contributed by atoms with Crippen molar-refractivity contribution in [2.24, 2.45) is 12.2 Å². The number of anilines is 1. The van der Waals surface area contributed by atoms with E-state index >= 15 is 0 Å². The molecule has 12 nitrogen and oxygen atoms in total. The van der Waals surface area contributed by atoms with Gasteiger partial charge in [-0.05, 0) is 22.7 Å². The van der Waals surface area contributed by atoms with Gasteiger partial charge in [0.05, 0.1) is 13.2 Å². The molecule has 2 amide bonds. The Morgan fingerprint density at radius 3 is 2.92 bits per heavy atom. The molecule has 192 valence electrons. The van der Waals surface area contributed by atoms with Crippen molar-refractivity contribution in [3.63, 3.8) is 0 Å². The van der Waals surface area contributed by atoms with Crippen LogP contribution in [0.3, 0.4) is 0 Å². The van der Waals surface area contributed by atoms with Crippen LogP contribution in [0.5, 0.6) is 0 Å². The Morgan fingerprint density at radius 2 is 2.24 bits per heavy atom. The van der Waals surface area contributed by atoms with E-state index in [1.165, 1.54) is 46.9 Å². The molecule has 3 aromatic rings. The first-order chi connectivity index (χ1) is 17.8. The Kier molecular flexibility index (Phi) is 7.06. The summed E-state index contributed by atoms with van der Waals surface area (Å²) in [6.07, 6.45) is 1.92. The van der Waals surface area contributed by atoms with Crippen LogP contribution in [0.25, 0.3) is 10.3 Å². The van der Waals surface area contributed by atoms with Gasteiger partial charge in [0.15, 0.2) is 10.8 Å². The van der Waals surface area contributed by atoms with Crippen LogP contribution >= 0.6 is 46.2 Å². The average molecular weight is 579 g/mol. The van der Waals surface area contributed by atoms with Crippen molar-refractivity contribution < 1.29 is 28.9 Å². The van der Waals surface area contributed by atoms with Gasteiger partial charge in [-0.2, -0.15) is 0 Å². The first-order valence-electron chi connectivity index (χ1n) is 10.7. The van der Waals surface area contributed by atoms with Crippen LogP contribution in [0, 0.1) is 0 Å². The molecule has 4 N–H and O–H groups in total. The third-order valence-corrected chi connectivity index (χ3v) is 9.83. The van der Waals surface area contributed by atoms with Crippen molar-refractivity contribution in [2.45, 2.75) is 15.8 Å². The van der Waals surface area contributed by atoms with Gasteiger partial charge in [-0.1, -0.05) is 28.3 Å². The van der Waals surface area contributed by atoms with Gasteiger partial charge in [-0.3, -0.25) is 14.5 Å². The molecule has 1 saturated heterocycles. The van der Waals surface area contributed by atoms with E-state index in [2.05, 4.69) is 20.4 Å². The highest BCUT2D eigenvalue weighted by atomic mass is 32.2. The topological polar surface area (TPSA) is 164 Å². The maximum Gasteiger partial charge on any atom is 0.352 e. The summed E-state index contributed by atoms with van der Waals surface area (Å²) in [6, 6.07) is 3.02. The van der Waals surface area contributed by atoms with Crippen molar-refractivity contribution in [3.8, 4) is 0 Å². The second-order valence-corrected chi connectivity index (χ2v) is 12.1. The lowest BCUT2D eigenvalue weighted by Gasteiger charge is -2.49. The van der Waals surface area contributed by atoms with E-state index in [-0.39, 0.29) is 22.2 Å². The Balaban J connectivity index is 1.31. The lowest BCUT2D eigenvalue weighted by molar-refractivity contribution is -0.646. The summed E-state index contributed by atoms with van der Waals surface area (Å²) in [5.74, 6) is -1.59. The van der Waals surface area contributed by atoms with Crippen LogP contribution in [0.4, 0.5) is 5.13 Å². The average Bonchev–Trinajstić information content (AvgIpc) is 3.50. The van der Waals surface area contributed by atoms with Gasteiger partial charge >= 0.3 is 11.6 Å². The summed E-state index contributed by atoms with van der Waals surface area (Å²) < 4.78 is 3.78. The van der Waals surface area contributed by atoms with Crippen LogP contribution in [-0.2, 0) is 26.3 Å². The van der Waals surface area contributed by atoms with Crippen LogP contribution in [0.1, 0.15) is 5.69 Å². The molecular formula is C21H20N7O5S4+. The van der Waals surface area contributed by atoms with Crippen molar-refractivity contribution in [3.05, 3.63) is 40.7 Å². The Hall–Kier alpha value is -3.21. The highest BCUT2D eigenvalue weighted by molar-refractivity contribution is 8.02. The lowest BCUT2D eigenvalue weighted by atomic mass is 10.0. The number of nitrogens with zero attached hydrogens (tertiary/aromatic N) is 5. The summed E-state index contributed by atoms with van der Waals surface area (Å²) >= 11 is 5.50. The highest BCUT2D eigenvalue weighted by Gasteiger charge is 2.54. The summed E-state index contributed by atoms with van der Waals surface area (Å²) in [6.45, 7) is 0. The van der Waals surface area contributed by atoms with Crippen molar-refractivity contribution in [2.75, 3.05) is 24.3 Å². The van der Waals surface area contributed by atoms with E-state index < -0.39 is 29.2 Å². The molecule has 0 radical (unpaired) electrons. The number of pyridine rings is 1. The smallest absolute Gasteiger partial charge is 0.352 e. The van der Waals surface area contributed by atoms with Gasteiger partial charge in [0, 0.05) is 16.9 Å². The number of carboxylic acids is 1. The number of β-lactam (4-membered cyclic amide) rings is 1. The molecule has 2 aliphatic rings. The molecule has 0 saturated carbocycles. The number of carboxylic acid groups (broad SMARTS) is 1. The number of thioether (sulfide) groups is 2. The molecule has 0 aromatic carbocycles. The molecular weight excluding hydrogens is 559 g/mol. The largest absolute Gasteiger partial charge is 0.477 e. The van der Waals surface area contributed by atoms with Crippen molar-refractivity contribution >= 4 is 85.2 Å². The summed E-state index contributed by atoms with van der Waals surface area (Å²) in [5.41, 5.74) is 7.18. The molecule has 16 heteroatoms. The van der Waals surface area contributed by atoms with Crippen molar-refractivity contribution in [1.29, 1.82) is 0 Å². The monoisotopic (exact) mass is 578 g/mol. The number of thiazole rings is 2. The number of aliphatic carboxylic acids is 1. The van der Waals surface area contributed by atoms with E-state index in [9.17, 15) is 19.5 Å². The quantitative estimate of drug-likeness (QED) is 0.116. The number of aromatic nitrogens is 3. The van der Waals surface area contributed by atoms with Crippen LogP contribution < -0.4 is 15.6 Å². The Labute approximate surface area is 226 Å². The molecule has 3 aromatic heterocycles. The second kappa shape index (κ2) is 10.3. The normalized spacial score (nSPS) is 19.6. The number of amides is 2. The Morgan fingerprint density at radius 1 is 1.43 bits per heavy atom. The predicted octanol–water partition coefficient (Wildman–Crippen LogP) is 1.04. The highest BCUT2D eigenvalue weighted by Crippen LogP contribution is 2.42. The fourth-order valence-corrected chi connectivity index (χ4v) is 8.04. The number of rotatable bonds is 8. The molecule has 2 unspecified atom stereocenters. The molecule has 5 rings (SSSR count). The number of hydrogen-bond donors (Lipinski definition) is 3. The van der Waals surface area contributed by atoms with Crippen LogP contribution in [-0.4, -0.2) is 73.5 Å². The van der Waals surface area contributed by atoms with E-state index in [0.717, 1.165) is 26.0 Å². The number of carbonyl (C=O) groups is 3. The number of oxime groups is 1. The summed E-state index contributed by atoms with van der Waals surface area (Å²) in [7, 11) is 3.20. The third-order valence-electron chi connectivity index (χ3n) is 5.57. The SMILES string of the molecule is CO/N=C(/C(=O)NC1C(=O)N2C(C(=O)O)=C(CSc3nc4c(ccc[n+]4C)s3)CSC12)c1csc(N)n1. The zero-order chi connectivity index (χ0) is 26.3. The lowest BCUT2D eigenvalue weighted by Crippen LogP contribution is -2.71.